The Morgan fingerprint density at radius 3 is 2.26 bits per heavy atom. The number of Topliss-reactive ketones (excluding diaryl/α,β-unsaturated/α-hetero) is 3. The molecule has 0 aromatic heterocycles. The van der Waals surface area contributed by atoms with Gasteiger partial charge in [0.05, 0.1) is 23.7 Å². The second kappa shape index (κ2) is 8.80. The first-order chi connectivity index (χ1) is 17.2. The van der Waals surface area contributed by atoms with Crippen LogP contribution in [-0.4, -0.2) is 61.6 Å². The quantitative estimate of drug-likeness (QED) is 0.407. The number of aliphatic hydroxyl groups is 3. The summed E-state index contributed by atoms with van der Waals surface area (Å²) in [5.41, 5.74) is -3.79. The van der Waals surface area contributed by atoms with Gasteiger partial charge in [0.25, 0.3) is 0 Å². The predicted octanol–water partition coefficient (Wildman–Crippen LogP) is 3.25. The van der Waals surface area contributed by atoms with Gasteiger partial charge in [0, 0.05) is 47.5 Å². The van der Waals surface area contributed by atoms with Crippen molar-refractivity contribution in [2.24, 2.45) is 39.4 Å². The molecule has 2 fully saturated rings. The Labute approximate surface area is 224 Å². The van der Waals surface area contributed by atoms with E-state index < -0.39 is 57.3 Å². The second-order valence-electron chi connectivity index (χ2n) is 14.2. The first-order valence-electron chi connectivity index (χ1n) is 13.9. The third kappa shape index (κ3) is 3.80. The lowest BCUT2D eigenvalue weighted by molar-refractivity contribution is -0.149. The maximum absolute atomic E-state index is 14.1. The van der Waals surface area contributed by atoms with E-state index in [2.05, 4.69) is 0 Å². The average molecular weight is 533 g/mol. The number of aliphatic hydroxyl groups excluding tert-OH is 2. The Kier molecular flexibility index (Phi) is 6.74. The maximum atomic E-state index is 14.1. The van der Waals surface area contributed by atoms with Crippen LogP contribution >= 0.6 is 0 Å². The van der Waals surface area contributed by atoms with Crippen LogP contribution in [0.25, 0.3) is 0 Å². The van der Waals surface area contributed by atoms with Gasteiger partial charge in [-0.2, -0.15) is 0 Å². The number of ketones is 3. The van der Waals surface area contributed by atoms with E-state index in [1.54, 1.807) is 0 Å². The number of carbonyl (C=O) groups is 4. The fraction of sp³-hybridized carbons (Fsp3) is 0.800. The molecule has 2 saturated carbocycles. The molecule has 0 aliphatic heterocycles. The summed E-state index contributed by atoms with van der Waals surface area (Å²) in [5.74, 6) is -3.20. The smallest absolute Gasteiger partial charge is 0.306 e. The number of rotatable bonds is 6. The van der Waals surface area contributed by atoms with Crippen molar-refractivity contribution in [3.63, 3.8) is 0 Å². The molecule has 8 heteroatoms. The lowest BCUT2D eigenvalue weighted by Crippen LogP contribution is -2.61. The Bertz CT molecular complexity index is 1120. The van der Waals surface area contributed by atoms with E-state index in [1.165, 1.54) is 13.8 Å². The standard InChI is InChI=1S/C30H44O8/c1-15(25(36)37)10-16(31)13-29(6,38)20-12-22(35)30(7)24-17(32)11-19-26(2,3)21(34)8-9-27(19,4)23(24)18(33)14-28(20,30)5/h15,17,19-20,22,32,35,38H,8-14H2,1-7H3,(H,36,37). The molecule has 0 spiro atoms. The number of fused-ring (bicyclic) bond motifs is 4. The Hall–Kier alpha value is -1.90. The summed E-state index contributed by atoms with van der Waals surface area (Å²) in [4.78, 5) is 50.9. The Morgan fingerprint density at radius 1 is 1.08 bits per heavy atom. The van der Waals surface area contributed by atoms with Crippen LogP contribution in [-0.2, 0) is 19.2 Å². The number of hydrogen-bond donors (Lipinski definition) is 4. The van der Waals surface area contributed by atoms with Crippen LogP contribution in [0.5, 0.6) is 0 Å². The molecule has 4 aliphatic carbocycles. The molecule has 0 aromatic rings. The van der Waals surface area contributed by atoms with Crippen molar-refractivity contribution in [1.29, 1.82) is 0 Å². The van der Waals surface area contributed by atoms with Crippen LogP contribution in [0.1, 0.15) is 93.4 Å². The lowest BCUT2D eigenvalue weighted by Gasteiger charge is -2.61. The Balaban J connectivity index is 1.78. The van der Waals surface area contributed by atoms with Gasteiger partial charge in [-0.05, 0) is 49.0 Å². The molecule has 4 N–H and O–H groups in total. The first kappa shape index (κ1) is 29.1. The molecule has 4 aliphatic rings. The van der Waals surface area contributed by atoms with Gasteiger partial charge in [-0.15, -0.1) is 0 Å². The average Bonchev–Trinajstić information content (AvgIpc) is 2.99. The fourth-order valence-corrected chi connectivity index (χ4v) is 9.25. The summed E-state index contributed by atoms with van der Waals surface area (Å²) in [6.07, 6.45) is -1.12. The SMILES string of the molecule is CC(CC(=O)CC(C)(O)C1CC(O)C2(C)C3=C(C(=O)CC12C)C1(C)CCC(=O)C(C)(C)C1CC3O)C(=O)O. The summed E-state index contributed by atoms with van der Waals surface area (Å²) in [6.45, 7) is 12.5. The summed E-state index contributed by atoms with van der Waals surface area (Å²) >= 11 is 0. The van der Waals surface area contributed by atoms with Gasteiger partial charge in [-0.3, -0.25) is 19.2 Å². The number of hydrogen-bond acceptors (Lipinski definition) is 7. The van der Waals surface area contributed by atoms with Crippen molar-refractivity contribution >= 4 is 23.3 Å². The molecule has 9 unspecified atom stereocenters. The van der Waals surface area contributed by atoms with Crippen LogP contribution in [0.3, 0.4) is 0 Å². The van der Waals surface area contributed by atoms with Gasteiger partial charge in [0.15, 0.2) is 5.78 Å². The van der Waals surface area contributed by atoms with Crippen molar-refractivity contribution in [1.82, 2.24) is 0 Å². The molecule has 38 heavy (non-hydrogen) atoms. The van der Waals surface area contributed by atoms with E-state index in [4.69, 9.17) is 0 Å². The number of aliphatic carboxylic acids is 1. The van der Waals surface area contributed by atoms with Gasteiger partial charge in [0.2, 0.25) is 0 Å². The number of carboxylic acid groups (broad SMARTS) is 1. The van der Waals surface area contributed by atoms with E-state index in [1.807, 2.05) is 34.6 Å². The maximum Gasteiger partial charge on any atom is 0.306 e. The molecule has 0 heterocycles. The molecule has 0 saturated heterocycles. The van der Waals surface area contributed by atoms with Gasteiger partial charge in [0.1, 0.15) is 11.6 Å². The Morgan fingerprint density at radius 2 is 1.68 bits per heavy atom. The van der Waals surface area contributed by atoms with Gasteiger partial charge in [-0.1, -0.05) is 41.5 Å². The van der Waals surface area contributed by atoms with Crippen molar-refractivity contribution in [2.45, 2.75) is 111 Å². The van der Waals surface area contributed by atoms with Crippen molar-refractivity contribution in [3.8, 4) is 0 Å². The van der Waals surface area contributed by atoms with Crippen molar-refractivity contribution in [2.75, 3.05) is 0 Å². The normalized spacial score (nSPS) is 42.6. The fourth-order valence-electron chi connectivity index (χ4n) is 9.25. The third-order valence-electron chi connectivity index (χ3n) is 11.6. The largest absolute Gasteiger partial charge is 0.481 e. The minimum Gasteiger partial charge on any atom is -0.481 e. The zero-order chi connectivity index (χ0) is 28.8. The second-order valence-corrected chi connectivity index (χ2v) is 14.2. The lowest BCUT2D eigenvalue weighted by atomic mass is 9.42. The zero-order valence-corrected chi connectivity index (χ0v) is 23.8. The highest BCUT2D eigenvalue weighted by Gasteiger charge is 2.71. The van der Waals surface area contributed by atoms with Crippen molar-refractivity contribution < 1.29 is 39.6 Å². The number of allylic oxidation sites excluding steroid dienone is 1. The molecular weight excluding hydrogens is 488 g/mol. The highest BCUT2D eigenvalue weighted by atomic mass is 16.4. The van der Waals surface area contributed by atoms with E-state index in [-0.39, 0.29) is 49.0 Å². The molecule has 8 nitrogen and oxygen atoms in total. The van der Waals surface area contributed by atoms with Gasteiger partial charge < -0.3 is 20.4 Å². The van der Waals surface area contributed by atoms with E-state index in [0.29, 0.717) is 30.4 Å². The summed E-state index contributed by atoms with van der Waals surface area (Å²) in [6, 6.07) is 0. The molecule has 9 atom stereocenters. The minimum absolute atomic E-state index is 0.0450. The first-order valence-corrected chi connectivity index (χ1v) is 13.9. The molecule has 0 radical (unpaired) electrons. The van der Waals surface area contributed by atoms with Crippen LogP contribution in [0, 0.1) is 39.4 Å². The highest BCUT2D eigenvalue weighted by molar-refractivity contribution is 6.01. The monoisotopic (exact) mass is 532 g/mol. The summed E-state index contributed by atoms with van der Waals surface area (Å²) in [5, 5.41) is 44.1. The third-order valence-corrected chi connectivity index (χ3v) is 11.6. The zero-order valence-electron chi connectivity index (χ0n) is 23.8. The molecule has 0 aromatic carbocycles. The molecule has 212 valence electrons. The van der Waals surface area contributed by atoms with E-state index >= 15 is 0 Å². The summed E-state index contributed by atoms with van der Waals surface area (Å²) < 4.78 is 0. The number of carbonyl (C=O) groups excluding carboxylic acids is 3. The molecule has 0 amide bonds. The number of carboxylic acids is 1. The molecule has 0 bridgehead atoms. The van der Waals surface area contributed by atoms with Crippen LogP contribution in [0.2, 0.25) is 0 Å². The van der Waals surface area contributed by atoms with E-state index in [9.17, 15) is 39.6 Å². The molecule has 4 rings (SSSR count). The predicted molar refractivity (Wildman–Crippen MR) is 139 cm³/mol. The highest BCUT2D eigenvalue weighted by Crippen LogP contribution is 2.71. The van der Waals surface area contributed by atoms with Crippen LogP contribution in [0.15, 0.2) is 11.1 Å². The van der Waals surface area contributed by atoms with E-state index in [0.717, 1.165) is 0 Å². The molecular formula is C30H44O8. The van der Waals surface area contributed by atoms with Crippen LogP contribution < -0.4 is 0 Å². The summed E-state index contributed by atoms with van der Waals surface area (Å²) in [7, 11) is 0. The van der Waals surface area contributed by atoms with Crippen LogP contribution in [0.4, 0.5) is 0 Å². The minimum atomic E-state index is -1.59. The van der Waals surface area contributed by atoms with Crippen molar-refractivity contribution in [3.05, 3.63) is 11.1 Å². The van der Waals surface area contributed by atoms with Gasteiger partial charge in [-0.25, -0.2) is 0 Å². The topological polar surface area (TPSA) is 149 Å². The van der Waals surface area contributed by atoms with Gasteiger partial charge >= 0.3 is 5.97 Å².